The fraction of sp³-hybridized carbons (Fsp3) is 0.533. The van der Waals surface area contributed by atoms with Crippen LogP contribution < -0.4 is 5.73 Å². The molecule has 0 aliphatic carbocycles. The molecule has 0 fully saturated rings. The van der Waals surface area contributed by atoms with Crippen LogP contribution in [0.3, 0.4) is 0 Å². The van der Waals surface area contributed by atoms with Crippen LogP contribution in [0.4, 0.5) is 0 Å². The van der Waals surface area contributed by atoms with Crippen molar-refractivity contribution >= 4 is 17.2 Å². The lowest BCUT2D eigenvalue weighted by atomic mass is 10.0. The first-order valence-corrected chi connectivity index (χ1v) is 7.06. The van der Waals surface area contributed by atoms with Crippen molar-refractivity contribution in [2.75, 3.05) is 20.2 Å². The van der Waals surface area contributed by atoms with Gasteiger partial charge in [0.25, 0.3) is 0 Å². The average Bonchev–Trinajstić information content (AvgIpc) is 2.36. The Morgan fingerprint density at radius 3 is 2.47 bits per heavy atom. The third-order valence-electron chi connectivity index (χ3n) is 3.01. The van der Waals surface area contributed by atoms with E-state index in [1.54, 1.807) is 0 Å². The smallest absolute Gasteiger partial charge is 0.0746 e. The molecule has 0 saturated carbocycles. The predicted octanol–water partition coefficient (Wildman–Crippen LogP) is 2.76. The van der Waals surface area contributed by atoms with Crippen molar-refractivity contribution in [2.45, 2.75) is 32.4 Å². The number of likely N-dealkylation sites (N-methyl/N-ethyl adjacent to an activating group) is 1. The molecule has 0 saturated heterocycles. The Hall–Kier alpha value is -0.970. The van der Waals surface area contributed by atoms with Crippen molar-refractivity contribution in [1.82, 2.24) is 4.90 Å². The van der Waals surface area contributed by atoms with Crippen LogP contribution in [0.2, 0.25) is 0 Å². The topological polar surface area (TPSA) is 38.5 Å². The SMILES string of the molecule is CC(C)OCCN(C)C(CC(N)=S)c1ccccc1. The van der Waals surface area contributed by atoms with Gasteiger partial charge in [0.05, 0.1) is 17.7 Å². The van der Waals surface area contributed by atoms with Crippen LogP contribution in [0, 0.1) is 0 Å². The van der Waals surface area contributed by atoms with Gasteiger partial charge in [-0.1, -0.05) is 42.5 Å². The zero-order valence-corrected chi connectivity index (χ0v) is 12.8. The number of ether oxygens (including phenoxy) is 1. The van der Waals surface area contributed by atoms with Gasteiger partial charge in [0.15, 0.2) is 0 Å². The van der Waals surface area contributed by atoms with Gasteiger partial charge in [-0.3, -0.25) is 4.90 Å². The standard InChI is InChI=1S/C15H24N2OS/c1-12(2)18-10-9-17(3)14(11-15(16)19)13-7-5-4-6-8-13/h4-8,12,14H,9-11H2,1-3H3,(H2,16,19). The van der Waals surface area contributed by atoms with Gasteiger partial charge in [-0.15, -0.1) is 0 Å². The third kappa shape index (κ3) is 6.14. The van der Waals surface area contributed by atoms with Crippen LogP contribution >= 0.6 is 12.2 Å². The van der Waals surface area contributed by atoms with Gasteiger partial charge >= 0.3 is 0 Å². The first-order chi connectivity index (χ1) is 9.00. The third-order valence-corrected chi connectivity index (χ3v) is 3.17. The monoisotopic (exact) mass is 280 g/mol. The average molecular weight is 280 g/mol. The van der Waals surface area contributed by atoms with E-state index in [-0.39, 0.29) is 12.1 Å². The van der Waals surface area contributed by atoms with Crippen LogP contribution in [0.1, 0.15) is 31.9 Å². The van der Waals surface area contributed by atoms with Crippen molar-refractivity contribution < 1.29 is 4.74 Å². The lowest BCUT2D eigenvalue weighted by Gasteiger charge is -2.28. The second-order valence-electron chi connectivity index (χ2n) is 5.00. The van der Waals surface area contributed by atoms with Gasteiger partial charge < -0.3 is 10.5 Å². The van der Waals surface area contributed by atoms with Crippen LogP contribution in [-0.2, 0) is 4.74 Å². The number of hydrogen-bond acceptors (Lipinski definition) is 3. The zero-order valence-electron chi connectivity index (χ0n) is 12.0. The van der Waals surface area contributed by atoms with Gasteiger partial charge in [-0.2, -0.15) is 0 Å². The number of nitrogens with zero attached hydrogens (tertiary/aromatic N) is 1. The number of benzene rings is 1. The summed E-state index contributed by atoms with van der Waals surface area (Å²) < 4.78 is 5.60. The first kappa shape index (κ1) is 16.1. The van der Waals surface area contributed by atoms with Crippen molar-refractivity contribution in [2.24, 2.45) is 5.73 Å². The quantitative estimate of drug-likeness (QED) is 0.743. The molecule has 0 radical (unpaired) electrons. The summed E-state index contributed by atoms with van der Waals surface area (Å²) >= 11 is 5.06. The van der Waals surface area contributed by atoms with Crippen molar-refractivity contribution in [3.63, 3.8) is 0 Å². The van der Waals surface area contributed by atoms with E-state index in [1.165, 1.54) is 5.56 Å². The second kappa shape index (κ2) is 8.25. The van der Waals surface area contributed by atoms with Crippen LogP contribution in [-0.4, -0.2) is 36.2 Å². The van der Waals surface area contributed by atoms with E-state index in [2.05, 4.69) is 24.1 Å². The summed E-state index contributed by atoms with van der Waals surface area (Å²) in [5, 5.41) is 0. The molecule has 4 heteroatoms. The summed E-state index contributed by atoms with van der Waals surface area (Å²) in [7, 11) is 2.08. The van der Waals surface area contributed by atoms with Crippen molar-refractivity contribution in [3.05, 3.63) is 35.9 Å². The Morgan fingerprint density at radius 2 is 1.95 bits per heavy atom. The lowest BCUT2D eigenvalue weighted by Crippen LogP contribution is -2.31. The van der Waals surface area contributed by atoms with E-state index in [0.717, 1.165) is 13.2 Å². The Kier molecular flexibility index (Phi) is 6.99. The second-order valence-corrected chi connectivity index (χ2v) is 5.52. The van der Waals surface area contributed by atoms with E-state index in [1.807, 2.05) is 32.0 Å². The summed E-state index contributed by atoms with van der Waals surface area (Å²) in [6.45, 7) is 5.67. The largest absolute Gasteiger partial charge is 0.393 e. The van der Waals surface area contributed by atoms with Gasteiger partial charge in [-0.25, -0.2) is 0 Å². The number of thiocarbonyl (C=S) groups is 1. The molecule has 0 bridgehead atoms. The Morgan fingerprint density at radius 1 is 1.32 bits per heavy atom. The molecule has 1 rings (SSSR count). The molecule has 0 amide bonds. The lowest BCUT2D eigenvalue weighted by molar-refractivity contribution is 0.0563. The highest BCUT2D eigenvalue weighted by molar-refractivity contribution is 7.80. The number of hydrogen-bond donors (Lipinski definition) is 1. The molecule has 0 spiro atoms. The molecular formula is C15H24N2OS. The summed E-state index contributed by atoms with van der Waals surface area (Å²) in [6, 6.07) is 10.5. The fourth-order valence-electron chi connectivity index (χ4n) is 1.98. The highest BCUT2D eigenvalue weighted by Gasteiger charge is 2.17. The minimum Gasteiger partial charge on any atom is -0.393 e. The van der Waals surface area contributed by atoms with E-state index >= 15 is 0 Å². The van der Waals surface area contributed by atoms with E-state index < -0.39 is 0 Å². The minimum absolute atomic E-state index is 0.217. The van der Waals surface area contributed by atoms with Gasteiger partial charge in [0, 0.05) is 19.0 Å². The maximum absolute atomic E-state index is 5.72. The molecule has 3 nitrogen and oxygen atoms in total. The molecular weight excluding hydrogens is 256 g/mol. The number of rotatable bonds is 8. The molecule has 1 aromatic carbocycles. The molecule has 1 unspecified atom stereocenters. The van der Waals surface area contributed by atoms with Crippen LogP contribution in [0.15, 0.2) is 30.3 Å². The molecule has 19 heavy (non-hydrogen) atoms. The first-order valence-electron chi connectivity index (χ1n) is 6.65. The molecule has 1 aromatic rings. The molecule has 0 heterocycles. The summed E-state index contributed by atoms with van der Waals surface area (Å²) in [6.07, 6.45) is 0.955. The molecule has 2 N–H and O–H groups in total. The van der Waals surface area contributed by atoms with Gasteiger partial charge in [0.1, 0.15) is 0 Å². The summed E-state index contributed by atoms with van der Waals surface area (Å²) in [5.41, 5.74) is 6.96. The van der Waals surface area contributed by atoms with E-state index in [0.29, 0.717) is 11.4 Å². The van der Waals surface area contributed by atoms with Gasteiger partial charge in [0.2, 0.25) is 0 Å². The molecule has 0 aromatic heterocycles. The number of nitrogens with two attached hydrogens (primary N) is 1. The maximum atomic E-state index is 5.72. The molecule has 106 valence electrons. The van der Waals surface area contributed by atoms with Crippen LogP contribution in [0.5, 0.6) is 0 Å². The fourth-order valence-corrected chi connectivity index (χ4v) is 2.14. The van der Waals surface area contributed by atoms with Gasteiger partial charge in [-0.05, 0) is 26.5 Å². The Bertz CT molecular complexity index is 381. The summed E-state index contributed by atoms with van der Waals surface area (Å²) in [5.74, 6) is 0. The molecule has 1 atom stereocenters. The van der Waals surface area contributed by atoms with E-state index in [9.17, 15) is 0 Å². The summed E-state index contributed by atoms with van der Waals surface area (Å²) in [4.78, 5) is 2.79. The zero-order chi connectivity index (χ0) is 14.3. The van der Waals surface area contributed by atoms with E-state index in [4.69, 9.17) is 22.7 Å². The molecule has 0 aliphatic heterocycles. The molecule has 0 aliphatic rings. The normalized spacial score (nSPS) is 12.9. The Labute approximate surface area is 121 Å². The highest BCUT2D eigenvalue weighted by Crippen LogP contribution is 2.22. The van der Waals surface area contributed by atoms with Crippen molar-refractivity contribution in [3.8, 4) is 0 Å². The van der Waals surface area contributed by atoms with Crippen molar-refractivity contribution in [1.29, 1.82) is 0 Å². The van der Waals surface area contributed by atoms with Crippen LogP contribution in [0.25, 0.3) is 0 Å². The highest BCUT2D eigenvalue weighted by atomic mass is 32.1. The minimum atomic E-state index is 0.217. The Balaban J connectivity index is 2.66. The predicted molar refractivity (Wildman–Crippen MR) is 84.3 cm³/mol. The maximum Gasteiger partial charge on any atom is 0.0746 e.